The fraction of sp³-hybridized carbons (Fsp3) is 0.600. The summed E-state index contributed by atoms with van der Waals surface area (Å²) in [5.74, 6) is 2.44. The summed E-state index contributed by atoms with van der Waals surface area (Å²) in [6, 6.07) is 4.55. The molecule has 0 aliphatic heterocycles. The molecule has 1 aliphatic carbocycles. The Kier molecular flexibility index (Phi) is 3.38. The van der Waals surface area contributed by atoms with E-state index in [1.54, 1.807) is 6.26 Å². The van der Waals surface area contributed by atoms with Crippen molar-refractivity contribution >= 4 is 0 Å². The second-order valence-electron chi connectivity index (χ2n) is 6.48. The number of hydrogen-bond acceptors (Lipinski definition) is 5. The summed E-state index contributed by atoms with van der Waals surface area (Å²) < 4.78 is 10.8. The molecular weight excluding hydrogens is 254 g/mol. The van der Waals surface area contributed by atoms with Crippen molar-refractivity contribution in [1.82, 2.24) is 15.0 Å². The molecule has 0 atom stereocenters. The minimum atomic E-state index is -0.101. The first kappa shape index (κ1) is 13.4. The van der Waals surface area contributed by atoms with Crippen molar-refractivity contribution in [2.45, 2.75) is 58.2 Å². The van der Waals surface area contributed by atoms with Gasteiger partial charge in [0.1, 0.15) is 5.76 Å². The van der Waals surface area contributed by atoms with Crippen molar-refractivity contribution in [3.63, 3.8) is 0 Å². The van der Waals surface area contributed by atoms with Gasteiger partial charge in [-0.1, -0.05) is 25.9 Å². The Bertz CT molecular complexity index is 550. The summed E-state index contributed by atoms with van der Waals surface area (Å²) in [6.07, 6.45) is 4.20. The summed E-state index contributed by atoms with van der Waals surface area (Å²) in [4.78, 5) is 6.87. The fourth-order valence-electron chi connectivity index (χ4n) is 2.16. The third-order valence-electron chi connectivity index (χ3n) is 3.46. The number of nitrogens with zero attached hydrogens (tertiary/aromatic N) is 3. The summed E-state index contributed by atoms with van der Waals surface area (Å²) in [5.41, 5.74) is -0.101. The maximum Gasteiger partial charge on any atom is 0.232 e. The van der Waals surface area contributed by atoms with E-state index in [2.05, 4.69) is 35.8 Å². The van der Waals surface area contributed by atoms with Crippen LogP contribution in [-0.2, 0) is 18.5 Å². The molecule has 2 aromatic heterocycles. The first-order valence-electron chi connectivity index (χ1n) is 7.12. The highest BCUT2D eigenvalue weighted by atomic mass is 16.5. The van der Waals surface area contributed by atoms with Gasteiger partial charge in [-0.05, 0) is 25.0 Å². The molecule has 3 rings (SSSR count). The highest BCUT2D eigenvalue weighted by molar-refractivity contribution is 5.02. The molecule has 0 unspecified atom stereocenters. The molecule has 0 spiro atoms. The molecule has 2 aromatic rings. The van der Waals surface area contributed by atoms with E-state index in [-0.39, 0.29) is 5.41 Å². The second kappa shape index (κ2) is 5.05. The van der Waals surface area contributed by atoms with Crippen molar-refractivity contribution in [3.8, 4) is 0 Å². The van der Waals surface area contributed by atoms with Crippen molar-refractivity contribution in [3.05, 3.63) is 35.9 Å². The zero-order valence-electron chi connectivity index (χ0n) is 12.3. The monoisotopic (exact) mass is 275 g/mol. The molecule has 0 radical (unpaired) electrons. The third-order valence-corrected chi connectivity index (χ3v) is 3.46. The number of rotatable bonds is 5. The minimum Gasteiger partial charge on any atom is -0.468 e. The van der Waals surface area contributed by atoms with Gasteiger partial charge >= 0.3 is 0 Å². The van der Waals surface area contributed by atoms with Crippen LogP contribution in [0.25, 0.3) is 0 Å². The predicted molar refractivity (Wildman–Crippen MR) is 74.0 cm³/mol. The molecule has 1 aliphatic rings. The van der Waals surface area contributed by atoms with E-state index in [0.717, 1.165) is 18.1 Å². The molecule has 0 saturated heterocycles. The zero-order valence-corrected chi connectivity index (χ0v) is 12.3. The Balaban J connectivity index is 1.69. The van der Waals surface area contributed by atoms with Crippen LogP contribution in [0.1, 0.15) is 51.1 Å². The van der Waals surface area contributed by atoms with E-state index in [4.69, 9.17) is 8.94 Å². The van der Waals surface area contributed by atoms with E-state index in [1.165, 1.54) is 12.8 Å². The van der Waals surface area contributed by atoms with Gasteiger partial charge in [-0.15, -0.1) is 0 Å². The quantitative estimate of drug-likeness (QED) is 0.839. The predicted octanol–water partition coefficient (Wildman–Crippen LogP) is 3.12. The molecule has 5 nitrogen and oxygen atoms in total. The van der Waals surface area contributed by atoms with E-state index < -0.39 is 0 Å². The van der Waals surface area contributed by atoms with Crippen LogP contribution in [0.4, 0.5) is 0 Å². The number of hydrogen-bond donors (Lipinski definition) is 0. The van der Waals surface area contributed by atoms with Crippen molar-refractivity contribution in [2.24, 2.45) is 0 Å². The van der Waals surface area contributed by atoms with Gasteiger partial charge in [0.15, 0.2) is 5.82 Å². The molecule has 5 heteroatoms. The molecule has 2 heterocycles. The molecule has 0 amide bonds. The fourth-order valence-corrected chi connectivity index (χ4v) is 2.16. The normalized spacial score (nSPS) is 16.0. The summed E-state index contributed by atoms with van der Waals surface area (Å²) in [6.45, 7) is 7.74. The zero-order chi connectivity index (χ0) is 14.2. The van der Waals surface area contributed by atoms with Gasteiger partial charge in [-0.3, -0.25) is 4.90 Å². The van der Waals surface area contributed by atoms with Crippen LogP contribution >= 0.6 is 0 Å². The van der Waals surface area contributed by atoms with Crippen LogP contribution in [0.5, 0.6) is 0 Å². The van der Waals surface area contributed by atoms with Crippen LogP contribution in [-0.4, -0.2) is 21.1 Å². The molecule has 0 N–H and O–H groups in total. The second-order valence-corrected chi connectivity index (χ2v) is 6.48. The van der Waals surface area contributed by atoms with E-state index in [0.29, 0.717) is 18.5 Å². The Morgan fingerprint density at radius 1 is 1.30 bits per heavy atom. The van der Waals surface area contributed by atoms with Crippen LogP contribution in [0, 0.1) is 0 Å². The van der Waals surface area contributed by atoms with Crippen LogP contribution in [0.3, 0.4) is 0 Å². The summed E-state index contributed by atoms with van der Waals surface area (Å²) >= 11 is 0. The lowest BCUT2D eigenvalue weighted by atomic mass is 9.97. The lowest BCUT2D eigenvalue weighted by molar-refractivity contribution is 0.216. The molecule has 0 bridgehead atoms. The SMILES string of the molecule is CC(C)(C)c1nc(CN(Cc2ccco2)C2CC2)no1. The Morgan fingerprint density at radius 3 is 2.65 bits per heavy atom. The first-order valence-corrected chi connectivity index (χ1v) is 7.12. The average Bonchev–Trinajstić information content (AvgIpc) is 2.88. The molecule has 1 fully saturated rings. The summed E-state index contributed by atoms with van der Waals surface area (Å²) in [5, 5.41) is 4.10. The van der Waals surface area contributed by atoms with E-state index in [9.17, 15) is 0 Å². The maximum absolute atomic E-state index is 5.43. The van der Waals surface area contributed by atoms with Crippen LogP contribution in [0.2, 0.25) is 0 Å². The highest BCUT2D eigenvalue weighted by Crippen LogP contribution is 2.30. The lowest BCUT2D eigenvalue weighted by Crippen LogP contribution is -2.25. The van der Waals surface area contributed by atoms with Gasteiger partial charge in [0, 0.05) is 11.5 Å². The maximum atomic E-state index is 5.43. The molecule has 108 valence electrons. The largest absolute Gasteiger partial charge is 0.468 e. The molecule has 1 saturated carbocycles. The third kappa shape index (κ3) is 3.10. The van der Waals surface area contributed by atoms with Gasteiger partial charge in [0.05, 0.1) is 19.4 Å². The van der Waals surface area contributed by atoms with Crippen LogP contribution < -0.4 is 0 Å². The Morgan fingerprint density at radius 2 is 2.10 bits per heavy atom. The van der Waals surface area contributed by atoms with Gasteiger partial charge < -0.3 is 8.94 Å². The Labute approximate surface area is 119 Å². The van der Waals surface area contributed by atoms with Crippen molar-refractivity contribution in [1.29, 1.82) is 0 Å². The summed E-state index contributed by atoms with van der Waals surface area (Å²) in [7, 11) is 0. The van der Waals surface area contributed by atoms with Crippen molar-refractivity contribution < 1.29 is 8.94 Å². The smallest absolute Gasteiger partial charge is 0.232 e. The number of furan rings is 1. The minimum absolute atomic E-state index is 0.101. The molecule has 0 aromatic carbocycles. The average molecular weight is 275 g/mol. The topological polar surface area (TPSA) is 55.3 Å². The Hall–Kier alpha value is -1.62. The van der Waals surface area contributed by atoms with Gasteiger partial charge in [0.25, 0.3) is 0 Å². The lowest BCUT2D eigenvalue weighted by Gasteiger charge is -2.18. The van der Waals surface area contributed by atoms with Gasteiger partial charge in [0.2, 0.25) is 5.89 Å². The van der Waals surface area contributed by atoms with E-state index in [1.807, 2.05) is 12.1 Å². The van der Waals surface area contributed by atoms with Crippen LogP contribution in [0.15, 0.2) is 27.3 Å². The first-order chi connectivity index (χ1) is 9.52. The number of aromatic nitrogens is 2. The van der Waals surface area contributed by atoms with Gasteiger partial charge in [-0.2, -0.15) is 4.98 Å². The highest BCUT2D eigenvalue weighted by Gasteiger charge is 2.31. The van der Waals surface area contributed by atoms with Crippen molar-refractivity contribution in [2.75, 3.05) is 0 Å². The van der Waals surface area contributed by atoms with Gasteiger partial charge in [-0.25, -0.2) is 0 Å². The molecular formula is C15H21N3O2. The van der Waals surface area contributed by atoms with E-state index >= 15 is 0 Å². The standard InChI is InChI=1S/C15H21N3O2/c1-15(2,3)14-16-13(17-20-14)10-18(11-6-7-11)9-12-5-4-8-19-12/h4-5,8,11H,6-7,9-10H2,1-3H3. The molecule has 20 heavy (non-hydrogen) atoms.